The predicted molar refractivity (Wildman–Crippen MR) is 87.7 cm³/mol. The summed E-state index contributed by atoms with van der Waals surface area (Å²) < 4.78 is 0. The summed E-state index contributed by atoms with van der Waals surface area (Å²) in [6.07, 6.45) is 0.0285. The summed E-state index contributed by atoms with van der Waals surface area (Å²) in [7, 11) is 0. The van der Waals surface area contributed by atoms with Crippen molar-refractivity contribution in [3.8, 4) is 16.6 Å². The molecule has 2 rings (SSSR count). The van der Waals surface area contributed by atoms with E-state index in [-0.39, 0.29) is 12.8 Å². The Kier molecular flexibility index (Phi) is 5.38. The van der Waals surface area contributed by atoms with Crippen molar-refractivity contribution in [2.75, 3.05) is 5.32 Å². The summed E-state index contributed by atoms with van der Waals surface area (Å²) in [6.45, 7) is 1.80. The molecule has 0 aliphatic rings. The van der Waals surface area contributed by atoms with E-state index < -0.39 is 17.9 Å². The maximum atomic E-state index is 11.9. The Hall–Kier alpha value is -2.35. The van der Waals surface area contributed by atoms with Crippen molar-refractivity contribution in [2.45, 2.75) is 25.8 Å². The lowest BCUT2D eigenvalue weighted by molar-refractivity contribution is -0.123. The quantitative estimate of drug-likeness (QED) is 0.701. The molecule has 0 bridgehead atoms. The number of nitrogens with two attached hydrogens (primary N) is 2. The minimum Gasteiger partial charge on any atom is -0.370 e. The van der Waals surface area contributed by atoms with Gasteiger partial charge in [-0.1, -0.05) is 11.3 Å². The van der Waals surface area contributed by atoms with E-state index in [2.05, 4.69) is 15.3 Å². The first-order valence-corrected chi connectivity index (χ1v) is 8.24. The molecule has 2 aromatic heterocycles. The molecule has 0 aliphatic carbocycles. The zero-order valence-electron chi connectivity index (χ0n) is 12.2. The van der Waals surface area contributed by atoms with Crippen LogP contribution in [0.1, 0.15) is 17.1 Å². The van der Waals surface area contributed by atoms with Crippen molar-refractivity contribution in [1.82, 2.24) is 9.97 Å². The molecule has 2 heterocycles. The molecule has 0 spiro atoms. The van der Waals surface area contributed by atoms with E-state index in [0.29, 0.717) is 10.8 Å². The van der Waals surface area contributed by atoms with E-state index in [9.17, 15) is 9.59 Å². The number of aryl methyl sites for hydroxylation is 1. The van der Waals surface area contributed by atoms with Gasteiger partial charge in [0.2, 0.25) is 11.8 Å². The third-order valence-corrected chi connectivity index (χ3v) is 4.74. The molecule has 2 amide bonds. The van der Waals surface area contributed by atoms with Crippen LogP contribution >= 0.6 is 22.7 Å². The highest BCUT2D eigenvalue weighted by molar-refractivity contribution is 7.19. The SMILES string of the molecule is Cc1nc(NC(=O)C(N)CC(N)=O)sc1-c1csc(CC#N)n1. The third kappa shape index (κ3) is 4.32. The monoisotopic (exact) mass is 350 g/mol. The fourth-order valence-electron chi connectivity index (χ4n) is 1.76. The van der Waals surface area contributed by atoms with Crippen molar-refractivity contribution in [3.63, 3.8) is 0 Å². The number of hydrogen-bond donors (Lipinski definition) is 3. The van der Waals surface area contributed by atoms with Crippen LogP contribution in [0.3, 0.4) is 0 Å². The minimum atomic E-state index is -1.01. The number of nitrogens with zero attached hydrogens (tertiary/aromatic N) is 3. The summed E-state index contributed by atoms with van der Waals surface area (Å²) in [6, 6.07) is 1.04. The highest BCUT2D eigenvalue weighted by Crippen LogP contribution is 2.33. The van der Waals surface area contributed by atoms with Crippen molar-refractivity contribution in [1.29, 1.82) is 5.26 Å². The van der Waals surface area contributed by atoms with Crippen LogP contribution in [0.4, 0.5) is 5.13 Å². The third-order valence-electron chi connectivity index (χ3n) is 2.80. The molecule has 0 saturated carbocycles. The van der Waals surface area contributed by atoms with Crippen molar-refractivity contribution in [2.24, 2.45) is 11.5 Å². The molecule has 120 valence electrons. The molecular formula is C13H14N6O2S2. The van der Waals surface area contributed by atoms with Crippen LogP contribution in [0, 0.1) is 18.3 Å². The summed E-state index contributed by atoms with van der Waals surface area (Å²) in [5, 5.41) is 14.2. The molecule has 23 heavy (non-hydrogen) atoms. The number of rotatable bonds is 6. The van der Waals surface area contributed by atoms with E-state index >= 15 is 0 Å². The molecule has 5 N–H and O–H groups in total. The Balaban J connectivity index is 2.13. The number of aromatic nitrogens is 2. The van der Waals surface area contributed by atoms with Gasteiger partial charge in [-0.05, 0) is 6.92 Å². The topological polar surface area (TPSA) is 148 Å². The van der Waals surface area contributed by atoms with E-state index in [4.69, 9.17) is 16.7 Å². The number of amides is 2. The molecule has 0 aromatic carbocycles. The Morgan fingerprint density at radius 1 is 1.48 bits per heavy atom. The van der Waals surface area contributed by atoms with Gasteiger partial charge in [0.05, 0.1) is 41.2 Å². The summed E-state index contributed by atoms with van der Waals surface area (Å²) in [5.74, 6) is -1.16. The van der Waals surface area contributed by atoms with Gasteiger partial charge in [-0.3, -0.25) is 9.59 Å². The highest BCUT2D eigenvalue weighted by atomic mass is 32.1. The molecular weight excluding hydrogens is 336 g/mol. The summed E-state index contributed by atoms with van der Waals surface area (Å²) >= 11 is 2.65. The van der Waals surface area contributed by atoms with E-state index in [1.54, 1.807) is 6.92 Å². The molecule has 8 nitrogen and oxygen atoms in total. The average Bonchev–Trinajstić information content (AvgIpc) is 3.05. The van der Waals surface area contributed by atoms with E-state index in [0.717, 1.165) is 15.6 Å². The summed E-state index contributed by atoms with van der Waals surface area (Å²) in [5.41, 5.74) is 12.0. The number of nitriles is 1. The van der Waals surface area contributed by atoms with Crippen LogP contribution in [0.5, 0.6) is 0 Å². The van der Waals surface area contributed by atoms with Crippen molar-refractivity contribution in [3.05, 3.63) is 16.1 Å². The highest BCUT2D eigenvalue weighted by Gasteiger charge is 2.19. The van der Waals surface area contributed by atoms with Gasteiger partial charge in [-0.2, -0.15) is 5.26 Å². The zero-order valence-corrected chi connectivity index (χ0v) is 13.8. The summed E-state index contributed by atoms with van der Waals surface area (Å²) in [4.78, 5) is 32.1. The fraction of sp³-hybridized carbons (Fsp3) is 0.308. The lowest BCUT2D eigenvalue weighted by Gasteiger charge is -2.07. The van der Waals surface area contributed by atoms with Gasteiger partial charge < -0.3 is 16.8 Å². The number of carbonyl (C=O) groups is 2. The minimum absolute atomic E-state index is 0.230. The number of carbonyl (C=O) groups excluding carboxylic acids is 2. The molecule has 0 aliphatic heterocycles. The largest absolute Gasteiger partial charge is 0.370 e. The number of anilines is 1. The first-order valence-electron chi connectivity index (χ1n) is 6.54. The molecule has 2 aromatic rings. The Morgan fingerprint density at radius 3 is 2.87 bits per heavy atom. The van der Waals surface area contributed by atoms with Crippen LogP contribution in [-0.4, -0.2) is 27.8 Å². The second-order valence-electron chi connectivity index (χ2n) is 4.66. The lowest BCUT2D eigenvalue weighted by atomic mass is 10.2. The smallest absolute Gasteiger partial charge is 0.243 e. The average molecular weight is 350 g/mol. The molecule has 0 saturated heterocycles. The van der Waals surface area contributed by atoms with Crippen LogP contribution < -0.4 is 16.8 Å². The van der Waals surface area contributed by atoms with Crippen LogP contribution in [0.15, 0.2) is 5.38 Å². The standard InChI is InChI=1S/C13H14N6O2S2/c1-6-11(8-5-22-10(18-8)2-3-14)23-13(17-6)19-12(21)7(15)4-9(16)20/h5,7H,2,4,15H2,1H3,(H2,16,20)(H,17,19,21). The van der Waals surface area contributed by atoms with Crippen LogP contribution in [0.25, 0.3) is 10.6 Å². The van der Waals surface area contributed by atoms with Gasteiger partial charge in [0, 0.05) is 5.38 Å². The molecule has 1 atom stereocenters. The molecule has 10 heteroatoms. The van der Waals surface area contributed by atoms with Crippen molar-refractivity contribution >= 4 is 39.6 Å². The number of thiazole rings is 2. The Morgan fingerprint density at radius 2 is 2.22 bits per heavy atom. The van der Waals surface area contributed by atoms with Crippen LogP contribution in [-0.2, 0) is 16.0 Å². The van der Waals surface area contributed by atoms with E-state index in [1.807, 2.05) is 11.4 Å². The zero-order chi connectivity index (χ0) is 17.0. The van der Waals surface area contributed by atoms with Gasteiger partial charge in [0.15, 0.2) is 5.13 Å². The Labute approximate surface area is 140 Å². The fourth-order valence-corrected chi connectivity index (χ4v) is 3.48. The van der Waals surface area contributed by atoms with Gasteiger partial charge in [0.1, 0.15) is 5.01 Å². The molecule has 0 fully saturated rings. The second kappa shape index (κ2) is 7.28. The second-order valence-corrected chi connectivity index (χ2v) is 6.60. The first kappa shape index (κ1) is 17.0. The Bertz CT molecular complexity index is 776. The number of primary amides is 1. The van der Waals surface area contributed by atoms with Gasteiger partial charge in [-0.15, -0.1) is 11.3 Å². The van der Waals surface area contributed by atoms with Gasteiger partial charge in [-0.25, -0.2) is 9.97 Å². The lowest BCUT2D eigenvalue weighted by Crippen LogP contribution is -2.38. The molecule has 0 radical (unpaired) electrons. The van der Waals surface area contributed by atoms with E-state index in [1.165, 1.54) is 22.7 Å². The predicted octanol–water partition coefficient (Wildman–Crippen LogP) is 0.782. The molecule has 1 unspecified atom stereocenters. The van der Waals surface area contributed by atoms with Gasteiger partial charge in [0.25, 0.3) is 0 Å². The van der Waals surface area contributed by atoms with Crippen LogP contribution in [0.2, 0.25) is 0 Å². The van der Waals surface area contributed by atoms with Crippen molar-refractivity contribution < 1.29 is 9.59 Å². The number of hydrogen-bond acceptors (Lipinski definition) is 8. The maximum absolute atomic E-state index is 11.9. The first-order chi connectivity index (χ1) is 10.9. The maximum Gasteiger partial charge on any atom is 0.243 e. The number of nitrogens with one attached hydrogen (secondary N) is 1. The normalized spacial score (nSPS) is 11.7. The van der Waals surface area contributed by atoms with Gasteiger partial charge >= 0.3 is 0 Å².